The summed E-state index contributed by atoms with van der Waals surface area (Å²) in [5.41, 5.74) is 4.29. The summed E-state index contributed by atoms with van der Waals surface area (Å²) in [6.07, 6.45) is 0.161. The molecule has 0 bridgehead atoms. The Kier molecular flexibility index (Phi) is 7.08. The minimum absolute atomic E-state index is 0.0307. The van der Waals surface area contributed by atoms with Gasteiger partial charge < -0.3 is 25.5 Å². The van der Waals surface area contributed by atoms with Crippen molar-refractivity contribution in [3.63, 3.8) is 0 Å². The molecule has 4 aromatic carbocycles. The van der Waals surface area contributed by atoms with Gasteiger partial charge in [0.05, 0.1) is 18.2 Å². The zero-order chi connectivity index (χ0) is 25.9. The highest BCUT2D eigenvalue weighted by Gasteiger charge is 2.40. The molecule has 1 saturated heterocycles. The molecule has 1 heterocycles. The van der Waals surface area contributed by atoms with E-state index in [-0.39, 0.29) is 29.4 Å². The fourth-order valence-electron chi connectivity index (χ4n) is 4.89. The number of aliphatic hydroxyl groups is 1. The summed E-state index contributed by atoms with van der Waals surface area (Å²) in [5.74, 6) is -0.418. The number of anilines is 1. The van der Waals surface area contributed by atoms with Crippen LogP contribution in [0.5, 0.6) is 11.5 Å². The number of rotatable bonds is 7. The Balaban J connectivity index is 1.44. The third-order valence-corrected chi connectivity index (χ3v) is 7.09. The molecular formula is C30H27FN2O3S. The van der Waals surface area contributed by atoms with E-state index in [2.05, 4.69) is 17.4 Å². The van der Waals surface area contributed by atoms with Crippen molar-refractivity contribution in [2.45, 2.75) is 31.0 Å². The number of hydrogen-bond acceptors (Lipinski definition) is 4. The number of aromatic hydroxyl groups is 2. The van der Waals surface area contributed by atoms with Crippen molar-refractivity contribution in [3.8, 4) is 22.6 Å². The van der Waals surface area contributed by atoms with E-state index < -0.39 is 6.10 Å². The summed E-state index contributed by atoms with van der Waals surface area (Å²) < 4.78 is 13.3. The first-order valence-electron chi connectivity index (χ1n) is 12.1. The van der Waals surface area contributed by atoms with Gasteiger partial charge in [-0.05, 0) is 78.1 Å². The minimum Gasteiger partial charge on any atom is -0.508 e. The Bertz CT molecular complexity index is 1380. The van der Waals surface area contributed by atoms with Gasteiger partial charge in [0.2, 0.25) is 0 Å². The van der Waals surface area contributed by atoms with Crippen LogP contribution in [0, 0.1) is 5.82 Å². The molecule has 188 valence electrons. The smallest absolute Gasteiger partial charge is 0.174 e. The highest BCUT2D eigenvalue weighted by molar-refractivity contribution is 7.80. The molecule has 0 saturated carbocycles. The Morgan fingerprint density at radius 3 is 2.22 bits per heavy atom. The average Bonchev–Trinajstić information content (AvgIpc) is 3.23. The summed E-state index contributed by atoms with van der Waals surface area (Å²) in [5, 5.41) is 35.2. The quantitative estimate of drug-likeness (QED) is 0.219. The zero-order valence-corrected chi connectivity index (χ0v) is 20.8. The fraction of sp³-hybridized carbons (Fsp3) is 0.167. The highest BCUT2D eigenvalue weighted by atomic mass is 32.1. The lowest BCUT2D eigenvalue weighted by Crippen LogP contribution is -2.29. The highest BCUT2D eigenvalue weighted by Crippen LogP contribution is 2.41. The third kappa shape index (κ3) is 5.28. The Hall–Kier alpha value is -3.94. The number of halogens is 1. The lowest BCUT2D eigenvalue weighted by molar-refractivity contribution is 0.159. The van der Waals surface area contributed by atoms with E-state index in [0.717, 1.165) is 16.8 Å². The van der Waals surface area contributed by atoms with Gasteiger partial charge in [0, 0.05) is 17.3 Å². The number of phenols is 2. The van der Waals surface area contributed by atoms with Crippen LogP contribution in [0.15, 0.2) is 97.1 Å². The first-order chi connectivity index (χ1) is 17.9. The van der Waals surface area contributed by atoms with Crippen LogP contribution in [-0.4, -0.2) is 26.5 Å². The second-order valence-electron chi connectivity index (χ2n) is 9.17. The van der Waals surface area contributed by atoms with E-state index in [4.69, 9.17) is 12.2 Å². The molecule has 0 spiro atoms. The molecule has 3 atom stereocenters. The maximum atomic E-state index is 13.3. The maximum absolute atomic E-state index is 13.3. The average molecular weight is 515 g/mol. The van der Waals surface area contributed by atoms with Gasteiger partial charge in [-0.3, -0.25) is 0 Å². The van der Waals surface area contributed by atoms with Gasteiger partial charge >= 0.3 is 0 Å². The second-order valence-corrected chi connectivity index (χ2v) is 9.56. The standard InChI is InChI=1S/C30H27FN2O3S/c31-22-10-6-21(7-11-22)27(35)17-16-26-29(25-15-14-24(34)18-28(25)36)33(30(37)32-26)23-12-8-20(9-13-23)19-4-2-1-3-5-19/h1-15,18,26-27,29,34-36H,16-17H2,(H,32,37)/t26-,27-,29+/m0/s1. The molecule has 1 aliphatic heterocycles. The van der Waals surface area contributed by atoms with Crippen molar-refractivity contribution < 1.29 is 19.7 Å². The lowest BCUT2D eigenvalue weighted by Gasteiger charge is -2.29. The van der Waals surface area contributed by atoms with Crippen LogP contribution in [-0.2, 0) is 0 Å². The first-order valence-corrected chi connectivity index (χ1v) is 12.5. The van der Waals surface area contributed by atoms with E-state index in [9.17, 15) is 19.7 Å². The molecule has 0 amide bonds. The molecule has 0 unspecified atom stereocenters. The van der Waals surface area contributed by atoms with Crippen LogP contribution in [0.4, 0.5) is 10.1 Å². The molecule has 5 rings (SSSR count). The lowest BCUT2D eigenvalue weighted by atomic mass is 9.92. The number of nitrogens with one attached hydrogen (secondary N) is 1. The van der Waals surface area contributed by atoms with Crippen molar-refractivity contribution in [3.05, 3.63) is 114 Å². The number of benzene rings is 4. The van der Waals surface area contributed by atoms with Crippen molar-refractivity contribution in [2.75, 3.05) is 4.90 Å². The number of thiocarbonyl (C=S) groups is 1. The third-order valence-electron chi connectivity index (χ3n) is 6.78. The zero-order valence-electron chi connectivity index (χ0n) is 20.0. The topological polar surface area (TPSA) is 76.0 Å². The van der Waals surface area contributed by atoms with Crippen LogP contribution in [0.25, 0.3) is 11.1 Å². The van der Waals surface area contributed by atoms with E-state index in [1.165, 1.54) is 24.3 Å². The summed E-state index contributed by atoms with van der Waals surface area (Å²) in [6.45, 7) is 0. The Morgan fingerprint density at radius 2 is 1.54 bits per heavy atom. The van der Waals surface area contributed by atoms with Crippen molar-refractivity contribution in [2.24, 2.45) is 0 Å². The van der Waals surface area contributed by atoms with Crippen molar-refractivity contribution in [1.82, 2.24) is 5.32 Å². The predicted molar refractivity (Wildman–Crippen MR) is 147 cm³/mol. The molecule has 1 fully saturated rings. The summed E-state index contributed by atoms with van der Waals surface area (Å²) in [4.78, 5) is 1.96. The molecule has 5 nitrogen and oxygen atoms in total. The van der Waals surface area contributed by atoms with Gasteiger partial charge in [-0.2, -0.15) is 0 Å². The number of nitrogens with zero attached hydrogens (tertiary/aromatic N) is 1. The van der Waals surface area contributed by atoms with Gasteiger partial charge in [0.15, 0.2) is 5.11 Å². The first kappa shape index (κ1) is 24.7. The van der Waals surface area contributed by atoms with Gasteiger partial charge in [-0.15, -0.1) is 0 Å². The van der Waals surface area contributed by atoms with E-state index in [1.54, 1.807) is 18.2 Å². The molecule has 4 N–H and O–H groups in total. The summed E-state index contributed by atoms with van der Waals surface area (Å²) in [7, 11) is 0. The molecular weight excluding hydrogens is 487 g/mol. The van der Waals surface area contributed by atoms with E-state index in [0.29, 0.717) is 29.1 Å². The number of hydrogen-bond donors (Lipinski definition) is 4. The Morgan fingerprint density at radius 1 is 0.865 bits per heavy atom. The van der Waals surface area contributed by atoms with Crippen LogP contribution in [0.1, 0.15) is 36.1 Å². The molecule has 37 heavy (non-hydrogen) atoms. The van der Waals surface area contributed by atoms with Crippen LogP contribution < -0.4 is 10.2 Å². The van der Waals surface area contributed by atoms with Gasteiger partial charge in [-0.25, -0.2) is 4.39 Å². The Labute approximate surface area is 220 Å². The fourth-order valence-corrected chi connectivity index (χ4v) is 5.26. The number of phenolic OH excluding ortho intramolecular Hbond substituents is 2. The maximum Gasteiger partial charge on any atom is 0.174 e. The van der Waals surface area contributed by atoms with Crippen LogP contribution >= 0.6 is 12.2 Å². The van der Waals surface area contributed by atoms with Gasteiger partial charge in [0.1, 0.15) is 17.3 Å². The SMILES string of the molecule is Oc1ccc([C@@H]2[C@H](CC[C@H](O)c3ccc(F)cc3)NC(=S)N2c2ccc(-c3ccccc3)cc2)c(O)c1. The van der Waals surface area contributed by atoms with E-state index >= 15 is 0 Å². The summed E-state index contributed by atoms with van der Waals surface area (Å²) in [6, 6.07) is 27.9. The molecule has 4 aromatic rings. The minimum atomic E-state index is -0.774. The van der Waals surface area contributed by atoms with Crippen LogP contribution in [0.2, 0.25) is 0 Å². The monoisotopic (exact) mass is 514 g/mol. The molecule has 7 heteroatoms. The molecule has 0 aliphatic carbocycles. The van der Waals surface area contributed by atoms with Crippen LogP contribution in [0.3, 0.4) is 0 Å². The largest absolute Gasteiger partial charge is 0.508 e. The molecule has 0 radical (unpaired) electrons. The molecule has 1 aliphatic rings. The van der Waals surface area contributed by atoms with Gasteiger partial charge in [-0.1, -0.05) is 54.6 Å². The molecule has 0 aromatic heterocycles. The van der Waals surface area contributed by atoms with Crippen molar-refractivity contribution in [1.29, 1.82) is 0 Å². The second kappa shape index (κ2) is 10.6. The van der Waals surface area contributed by atoms with Gasteiger partial charge in [0.25, 0.3) is 0 Å². The predicted octanol–water partition coefficient (Wildman–Crippen LogP) is 6.22. The summed E-state index contributed by atoms with van der Waals surface area (Å²) >= 11 is 5.74. The van der Waals surface area contributed by atoms with E-state index in [1.807, 2.05) is 47.4 Å². The van der Waals surface area contributed by atoms with Crippen molar-refractivity contribution >= 4 is 23.0 Å². The number of aliphatic hydroxyl groups excluding tert-OH is 1. The normalized spacial score (nSPS) is 18.0.